The quantitative estimate of drug-likeness (QED) is 0.862. The minimum absolute atomic E-state index is 0.101. The zero-order valence-corrected chi connectivity index (χ0v) is 12.3. The van der Waals surface area contributed by atoms with E-state index in [0.29, 0.717) is 11.4 Å². The molecule has 1 aromatic heterocycles. The summed E-state index contributed by atoms with van der Waals surface area (Å²) in [5.74, 6) is -1.14. The van der Waals surface area contributed by atoms with Gasteiger partial charge < -0.3 is 14.7 Å². The fourth-order valence-corrected chi connectivity index (χ4v) is 3.72. The Balaban J connectivity index is 2.16. The van der Waals surface area contributed by atoms with Crippen LogP contribution < -0.4 is 0 Å². The van der Waals surface area contributed by atoms with E-state index < -0.39 is 12.1 Å². The van der Waals surface area contributed by atoms with Gasteiger partial charge in [0.1, 0.15) is 4.88 Å². The van der Waals surface area contributed by atoms with Gasteiger partial charge in [0.05, 0.1) is 12.6 Å². The van der Waals surface area contributed by atoms with E-state index in [-0.39, 0.29) is 18.6 Å². The highest BCUT2D eigenvalue weighted by Crippen LogP contribution is 2.27. The molecule has 1 aliphatic rings. The first-order valence-electron chi connectivity index (χ1n) is 5.82. The minimum Gasteiger partial charge on any atom is -0.479 e. The van der Waals surface area contributed by atoms with Gasteiger partial charge in [-0.1, -0.05) is 0 Å². The van der Waals surface area contributed by atoms with Crippen LogP contribution in [0.4, 0.5) is 0 Å². The molecule has 1 amide bonds. The van der Waals surface area contributed by atoms with Crippen LogP contribution in [0.25, 0.3) is 0 Å². The summed E-state index contributed by atoms with van der Waals surface area (Å²) in [5, 5.41) is 10.9. The summed E-state index contributed by atoms with van der Waals surface area (Å²) in [6.45, 7) is 2.30. The number of thiophene rings is 1. The number of hydrogen-bond acceptors (Lipinski definition) is 5. The van der Waals surface area contributed by atoms with Crippen molar-refractivity contribution in [2.24, 2.45) is 0 Å². The number of rotatable bonds is 3. The van der Waals surface area contributed by atoms with Gasteiger partial charge in [-0.2, -0.15) is 0 Å². The van der Waals surface area contributed by atoms with Gasteiger partial charge in [0.25, 0.3) is 5.91 Å². The molecule has 1 unspecified atom stereocenters. The van der Waals surface area contributed by atoms with Crippen LogP contribution >= 0.6 is 23.1 Å². The highest BCUT2D eigenvalue weighted by Gasteiger charge is 2.33. The van der Waals surface area contributed by atoms with Crippen LogP contribution in [0, 0.1) is 0 Å². The van der Waals surface area contributed by atoms with E-state index in [2.05, 4.69) is 0 Å². The Morgan fingerprint density at radius 3 is 2.89 bits per heavy atom. The normalized spacial score (nSPS) is 23.4. The molecule has 7 heteroatoms. The molecule has 0 radical (unpaired) electrons. The van der Waals surface area contributed by atoms with Gasteiger partial charge in [0.2, 0.25) is 0 Å². The number of carboxylic acids is 1. The Bertz CT molecular complexity index is 488. The second-order valence-electron chi connectivity index (χ2n) is 4.30. The first kappa shape index (κ1) is 14.4. The molecule has 0 aliphatic carbocycles. The second kappa shape index (κ2) is 5.94. The number of thioether (sulfide) groups is 1. The monoisotopic (exact) mass is 301 g/mol. The van der Waals surface area contributed by atoms with Gasteiger partial charge in [0, 0.05) is 11.4 Å². The second-order valence-corrected chi connectivity index (χ2v) is 6.07. The number of ether oxygens (including phenoxy) is 1. The maximum Gasteiger partial charge on any atom is 0.334 e. The van der Waals surface area contributed by atoms with Crippen LogP contribution in [-0.4, -0.2) is 53.4 Å². The molecular weight excluding hydrogens is 286 g/mol. The average Bonchev–Trinajstić information content (AvgIpc) is 2.85. The first-order chi connectivity index (χ1) is 9.02. The molecular formula is C12H15NO4S2. The summed E-state index contributed by atoms with van der Waals surface area (Å²) in [6.07, 6.45) is 0.711. The van der Waals surface area contributed by atoms with Gasteiger partial charge in [-0.3, -0.25) is 4.79 Å². The van der Waals surface area contributed by atoms with Crippen molar-refractivity contribution < 1.29 is 19.4 Å². The third-order valence-corrected chi connectivity index (χ3v) is 4.68. The zero-order chi connectivity index (χ0) is 14.0. The molecule has 1 N–H and O–H groups in total. The zero-order valence-electron chi connectivity index (χ0n) is 10.7. The lowest BCUT2D eigenvalue weighted by Gasteiger charge is -2.34. The molecule has 1 aliphatic heterocycles. The van der Waals surface area contributed by atoms with Crippen LogP contribution in [0.2, 0.25) is 0 Å². The van der Waals surface area contributed by atoms with E-state index in [1.54, 1.807) is 11.8 Å². The Labute approximate surface area is 119 Å². The van der Waals surface area contributed by atoms with Gasteiger partial charge in [-0.05, 0) is 24.6 Å². The molecule has 2 heterocycles. The van der Waals surface area contributed by atoms with Crippen LogP contribution in [0.5, 0.6) is 0 Å². The van der Waals surface area contributed by atoms with Crippen molar-refractivity contribution >= 4 is 35.0 Å². The molecule has 0 saturated carbocycles. The number of amides is 1. The predicted molar refractivity (Wildman–Crippen MR) is 74.0 cm³/mol. The Morgan fingerprint density at radius 1 is 1.53 bits per heavy atom. The highest BCUT2D eigenvalue weighted by atomic mass is 32.2. The van der Waals surface area contributed by atoms with Crippen molar-refractivity contribution in [1.82, 2.24) is 4.90 Å². The van der Waals surface area contributed by atoms with Crippen molar-refractivity contribution in [3.05, 3.63) is 16.3 Å². The van der Waals surface area contributed by atoms with Crippen LogP contribution in [-0.2, 0) is 9.53 Å². The number of nitrogens with zero attached hydrogens (tertiary/aromatic N) is 1. The lowest BCUT2D eigenvalue weighted by molar-refractivity contribution is -0.160. The molecule has 0 spiro atoms. The van der Waals surface area contributed by atoms with E-state index >= 15 is 0 Å². The highest BCUT2D eigenvalue weighted by molar-refractivity contribution is 7.98. The molecule has 0 aromatic carbocycles. The molecule has 5 nitrogen and oxygen atoms in total. The van der Waals surface area contributed by atoms with Crippen molar-refractivity contribution in [1.29, 1.82) is 0 Å². The van der Waals surface area contributed by atoms with Gasteiger partial charge in [0.15, 0.2) is 6.10 Å². The average molecular weight is 301 g/mol. The molecule has 2 atom stereocenters. The number of carboxylic acid groups (broad SMARTS) is 1. The summed E-state index contributed by atoms with van der Waals surface area (Å²) in [7, 11) is 0. The van der Waals surface area contributed by atoms with Gasteiger partial charge >= 0.3 is 5.97 Å². The van der Waals surface area contributed by atoms with Crippen LogP contribution in [0.15, 0.2) is 16.3 Å². The molecule has 19 heavy (non-hydrogen) atoms. The fourth-order valence-electron chi connectivity index (χ4n) is 2.01. The smallest absolute Gasteiger partial charge is 0.334 e. The van der Waals surface area contributed by atoms with E-state index in [1.807, 2.05) is 17.7 Å². The van der Waals surface area contributed by atoms with Crippen molar-refractivity contribution in [2.45, 2.75) is 24.0 Å². The number of morpholine rings is 1. The largest absolute Gasteiger partial charge is 0.479 e. The molecule has 1 fully saturated rings. The van der Waals surface area contributed by atoms with Crippen molar-refractivity contribution in [2.75, 3.05) is 19.3 Å². The maximum atomic E-state index is 12.4. The van der Waals surface area contributed by atoms with Crippen molar-refractivity contribution in [3.63, 3.8) is 0 Å². The lowest BCUT2D eigenvalue weighted by atomic mass is 10.2. The predicted octanol–water partition coefficient (Wildman–Crippen LogP) is 1.78. The summed E-state index contributed by atoms with van der Waals surface area (Å²) in [6, 6.07) is 1.90. The number of carbonyl (C=O) groups excluding carboxylic acids is 1. The molecule has 0 bridgehead atoms. The number of carbonyl (C=O) groups is 2. The van der Waals surface area contributed by atoms with Crippen LogP contribution in [0.3, 0.4) is 0 Å². The summed E-state index contributed by atoms with van der Waals surface area (Å²) in [4.78, 5) is 26.6. The maximum absolute atomic E-state index is 12.4. The fraction of sp³-hybridized carbons (Fsp3) is 0.500. The molecule has 2 rings (SSSR count). The first-order valence-corrected chi connectivity index (χ1v) is 7.92. The molecule has 104 valence electrons. The standard InChI is InChI=1S/C12H15NO4S2/c1-7-5-13(6-8(17-7)12(15)16)11(14)10-9(18-2)3-4-19-10/h3-4,7-8H,5-6H2,1-2H3,(H,15,16)/t7-,8?/m1/s1. The molecule has 1 aromatic rings. The van der Waals surface area contributed by atoms with Crippen LogP contribution in [0.1, 0.15) is 16.6 Å². The minimum atomic E-state index is -1.03. The Kier molecular flexibility index (Phi) is 4.49. The Morgan fingerprint density at radius 2 is 2.26 bits per heavy atom. The summed E-state index contributed by atoms with van der Waals surface area (Å²) in [5.41, 5.74) is 0. The third kappa shape index (κ3) is 3.10. The summed E-state index contributed by atoms with van der Waals surface area (Å²) >= 11 is 2.90. The SMILES string of the molecule is CSc1ccsc1C(=O)N1CC(C(=O)O)O[C@H](C)C1. The third-order valence-electron chi connectivity index (χ3n) is 2.87. The molecule has 1 saturated heterocycles. The number of hydrogen-bond donors (Lipinski definition) is 1. The van der Waals surface area contributed by atoms with E-state index in [4.69, 9.17) is 9.84 Å². The summed E-state index contributed by atoms with van der Waals surface area (Å²) < 4.78 is 5.31. The van der Waals surface area contributed by atoms with Crippen molar-refractivity contribution in [3.8, 4) is 0 Å². The topological polar surface area (TPSA) is 66.8 Å². The Hall–Kier alpha value is -1.05. The lowest BCUT2D eigenvalue weighted by Crippen LogP contribution is -2.51. The number of aliphatic carboxylic acids is 1. The van der Waals surface area contributed by atoms with E-state index in [1.165, 1.54) is 23.1 Å². The van der Waals surface area contributed by atoms with Gasteiger partial charge in [-0.15, -0.1) is 23.1 Å². The van der Waals surface area contributed by atoms with E-state index in [0.717, 1.165) is 4.90 Å². The van der Waals surface area contributed by atoms with E-state index in [9.17, 15) is 9.59 Å². The van der Waals surface area contributed by atoms with Gasteiger partial charge in [-0.25, -0.2) is 4.79 Å².